The molecule has 0 aliphatic heterocycles. The molecule has 0 radical (unpaired) electrons. The number of rotatable bonds is 9. The third kappa shape index (κ3) is 6.57. The van der Waals surface area contributed by atoms with E-state index < -0.39 is 11.9 Å². The van der Waals surface area contributed by atoms with Crippen LogP contribution in [0.3, 0.4) is 0 Å². The summed E-state index contributed by atoms with van der Waals surface area (Å²) < 4.78 is 14.1. The van der Waals surface area contributed by atoms with E-state index in [9.17, 15) is 14.0 Å². The number of carbonyl (C=O) groups excluding carboxylic acids is 2. The Balaban J connectivity index is 2.30. The van der Waals surface area contributed by atoms with Crippen LogP contribution >= 0.6 is 11.6 Å². The SMILES string of the molecule is CCC(C(=O)NCC(C)C)N(Cc1ccccc1Cl)C(=O)Cc1ccccc1F. The molecule has 0 heterocycles. The molecule has 0 aliphatic rings. The lowest BCUT2D eigenvalue weighted by atomic mass is 10.1. The van der Waals surface area contributed by atoms with Crippen LogP contribution in [0.1, 0.15) is 38.3 Å². The first-order valence-corrected chi connectivity index (χ1v) is 10.2. The Hall–Kier alpha value is -2.40. The Morgan fingerprint density at radius 1 is 1.07 bits per heavy atom. The number of halogens is 2. The zero-order valence-electron chi connectivity index (χ0n) is 17.1. The van der Waals surface area contributed by atoms with Gasteiger partial charge in [-0.25, -0.2) is 4.39 Å². The van der Waals surface area contributed by atoms with Crippen molar-refractivity contribution in [1.29, 1.82) is 0 Å². The molecule has 0 spiro atoms. The van der Waals surface area contributed by atoms with E-state index in [1.54, 1.807) is 24.3 Å². The second-order valence-corrected chi connectivity index (χ2v) is 7.85. The highest BCUT2D eigenvalue weighted by Gasteiger charge is 2.29. The molecular formula is C23H28ClFN2O2. The summed E-state index contributed by atoms with van der Waals surface area (Å²) in [5.74, 6) is -0.671. The van der Waals surface area contributed by atoms with Crippen LogP contribution in [0.4, 0.5) is 4.39 Å². The van der Waals surface area contributed by atoms with E-state index in [4.69, 9.17) is 11.6 Å². The van der Waals surface area contributed by atoms with E-state index in [0.717, 1.165) is 5.56 Å². The van der Waals surface area contributed by atoms with Crippen LogP contribution in [-0.4, -0.2) is 29.3 Å². The van der Waals surface area contributed by atoms with Crippen LogP contribution in [0.5, 0.6) is 0 Å². The van der Waals surface area contributed by atoms with Crippen molar-refractivity contribution in [2.75, 3.05) is 6.54 Å². The van der Waals surface area contributed by atoms with E-state index in [2.05, 4.69) is 5.32 Å². The molecule has 6 heteroatoms. The van der Waals surface area contributed by atoms with E-state index in [1.165, 1.54) is 11.0 Å². The predicted molar refractivity (Wildman–Crippen MR) is 114 cm³/mol. The van der Waals surface area contributed by atoms with Crippen molar-refractivity contribution in [3.63, 3.8) is 0 Å². The minimum Gasteiger partial charge on any atom is -0.354 e. The van der Waals surface area contributed by atoms with Gasteiger partial charge in [0, 0.05) is 18.1 Å². The standard InChI is InChI=1S/C23H28ClFN2O2/c1-4-21(23(29)26-14-16(2)3)27(15-18-10-5-7-11-19(18)24)22(28)13-17-9-6-8-12-20(17)25/h5-12,16,21H,4,13-15H2,1-3H3,(H,26,29). The topological polar surface area (TPSA) is 49.4 Å². The van der Waals surface area contributed by atoms with Crippen LogP contribution in [0.15, 0.2) is 48.5 Å². The van der Waals surface area contributed by atoms with Gasteiger partial charge in [0.25, 0.3) is 0 Å². The van der Waals surface area contributed by atoms with Gasteiger partial charge >= 0.3 is 0 Å². The normalized spacial score (nSPS) is 11.9. The van der Waals surface area contributed by atoms with Gasteiger partial charge in [0.15, 0.2) is 0 Å². The van der Waals surface area contributed by atoms with Gasteiger partial charge in [-0.1, -0.05) is 68.8 Å². The Labute approximate surface area is 177 Å². The van der Waals surface area contributed by atoms with Crippen molar-refractivity contribution < 1.29 is 14.0 Å². The average Bonchev–Trinajstić information content (AvgIpc) is 2.69. The summed E-state index contributed by atoms with van der Waals surface area (Å²) in [5, 5.41) is 3.43. The third-order valence-corrected chi connectivity index (χ3v) is 5.04. The summed E-state index contributed by atoms with van der Waals surface area (Å²) in [5.41, 5.74) is 1.05. The summed E-state index contributed by atoms with van der Waals surface area (Å²) in [6, 6.07) is 12.7. The highest BCUT2D eigenvalue weighted by atomic mass is 35.5. The van der Waals surface area contributed by atoms with Crippen molar-refractivity contribution in [3.05, 3.63) is 70.5 Å². The highest BCUT2D eigenvalue weighted by Crippen LogP contribution is 2.21. The predicted octanol–water partition coefficient (Wildman–Crippen LogP) is 4.60. The zero-order chi connectivity index (χ0) is 21.4. The number of benzene rings is 2. The monoisotopic (exact) mass is 418 g/mol. The fraction of sp³-hybridized carbons (Fsp3) is 0.391. The summed E-state index contributed by atoms with van der Waals surface area (Å²) in [7, 11) is 0. The molecular weight excluding hydrogens is 391 g/mol. The van der Waals surface area contributed by atoms with Gasteiger partial charge < -0.3 is 10.2 Å². The number of carbonyl (C=O) groups is 2. The molecule has 29 heavy (non-hydrogen) atoms. The maximum Gasteiger partial charge on any atom is 0.242 e. The zero-order valence-corrected chi connectivity index (χ0v) is 17.9. The van der Waals surface area contributed by atoms with Crippen molar-refractivity contribution >= 4 is 23.4 Å². The molecule has 0 bridgehead atoms. The molecule has 4 nitrogen and oxygen atoms in total. The molecule has 2 rings (SSSR count). The van der Waals surface area contributed by atoms with E-state index in [0.29, 0.717) is 29.5 Å². The van der Waals surface area contributed by atoms with Gasteiger partial charge in [0.2, 0.25) is 11.8 Å². The van der Waals surface area contributed by atoms with Gasteiger partial charge in [-0.2, -0.15) is 0 Å². The minimum atomic E-state index is -0.663. The summed E-state index contributed by atoms with van der Waals surface area (Å²) in [6.45, 7) is 6.57. The second kappa shape index (κ2) is 11.0. The highest BCUT2D eigenvalue weighted by molar-refractivity contribution is 6.31. The summed E-state index contributed by atoms with van der Waals surface area (Å²) in [4.78, 5) is 27.5. The van der Waals surface area contributed by atoms with Crippen LogP contribution < -0.4 is 5.32 Å². The Bertz CT molecular complexity index is 841. The number of nitrogens with zero attached hydrogens (tertiary/aromatic N) is 1. The van der Waals surface area contributed by atoms with Gasteiger partial charge in [0.05, 0.1) is 6.42 Å². The van der Waals surface area contributed by atoms with Gasteiger partial charge in [-0.15, -0.1) is 0 Å². The van der Waals surface area contributed by atoms with Crippen LogP contribution in [0.2, 0.25) is 5.02 Å². The summed E-state index contributed by atoms with van der Waals surface area (Å²) in [6.07, 6.45) is 0.322. The molecule has 156 valence electrons. The lowest BCUT2D eigenvalue weighted by molar-refractivity contribution is -0.141. The largest absolute Gasteiger partial charge is 0.354 e. The third-order valence-electron chi connectivity index (χ3n) is 4.67. The molecule has 1 atom stereocenters. The molecule has 0 saturated carbocycles. The maximum absolute atomic E-state index is 14.1. The molecule has 2 amide bonds. The van der Waals surface area contributed by atoms with Gasteiger partial charge in [-0.3, -0.25) is 9.59 Å². The lowest BCUT2D eigenvalue weighted by Gasteiger charge is -2.31. The molecule has 2 aromatic carbocycles. The first-order valence-electron chi connectivity index (χ1n) is 9.87. The number of hydrogen-bond donors (Lipinski definition) is 1. The molecule has 1 unspecified atom stereocenters. The fourth-order valence-electron chi connectivity index (χ4n) is 3.06. The quantitative estimate of drug-likeness (QED) is 0.646. The Morgan fingerprint density at radius 3 is 2.28 bits per heavy atom. The smallest absolute Gasteiger partial charge is 0.242 e. The second-order valence-electron chi connectivity index (χ2n) is 7.44. The fourth-order valence-corrected chi connectivity index (χ4v) is 3.25. The molecule has 0 fully saturated rings. The van der Waals surface area contributed by atoms with E-state index in [-0.39, 0.29) is 24.8 Å². The van der Waals surface area contributed by atoms with Crippen LogP contribution in [0, 0.1) is 11.7 Å². The Morgan fingerprint density at radius 2 is 1.69 bits per heavy atom. The van der Waals surface area contributed by atoms with Crippen molar-refractivity contribution in [2.24, 2.45) is 5.92 Å². The molecule has 0 aromatic heterocycles. The minimum absolute atomic E-state index is 0.120. The number of hydrogen-bond acceptors (Lipinski definition) is 2. The van der Waals surface area contributed by atoms with Crippen molar-refractivity contribution in [1.82, 2.24) is 10.2 Å². The molecule has 1 N–H and O–H groups in total. The lowest BCUT2D eigenvalue weighted by Crippen LogP contribution is -2.50. The van der Waals surface area contributed by atoms with Crippen LogP contribution in [-0.2, 0) is 22.6 Å². The number of amides is 2. The molecule has 2 aromatic rings. The first-order chi connectivity index (χ1) is 13.8. The molecule has 0 aliphatic carbocycles. The molecule has 0 saturated heterocycles. The van der Waals surface area contributed by atoms with E-state index >= 15 is 0 Å². The van der Waals surface area contributed by atoms with Crippen LogP contribution in [0.25, 0.3) is 0 Å². The summed E-state index contributed by atoms with van der Waals surface area (Å²) >= 11 is 6.29. The average molecular weight is 419 g/mol. The van der Waals surface area contributed by atoms with Crippen molar-refractivity contribution in [3.8, 4) is 0 Å². The first kappa shape index (κ1) is 22.9. The Kier molecular flexibility index (Phi) is 8.65. The van der Waals surface area contributed by atoms with Gasteiger partial charge in [-0.05, 0) is 35.6 Å². The van der Waals surface area contributed by atoms with Crippen molar-refractivity contribution in [2.45, 2.75) is 46.2 Å². The van der Waals surface area contributed by atoms with Gasteiger partial charge in [0.1, 0.15) is 11.9 Å². The number of nitrogens with one attached hydrogen (secondary N) is 1. The maximum atomic E-state index is 14.1. The van der Waals surface area contributed by atoms with E-state index in [1.807, 2.05) is 39.0 Å².